The molecule has 1 aromatic rings. The number of hydrogen-bond donors (Lipinski definition) is 1. The van der Waals surface area contributed by atoms with Crippen LogP contribution in [0.2, 0.25) is 0 Å². The van der Waals surface area contributed by atoms with Gasteiger partial charge in [-0.3, -0.25) is 0 Å². The van der Waals surface area contributed by atoms with E-state index >= 15 is 0 Å². The molecule has 2 unspecified atom stereocenters. The molecule has 0 aliphatic carbocycles. The molecule has 2 rings (SSSR count). The van der Waals surface area contributed by atoms with E-state index in [-0.39, 0.29) is 0 Å². The third-order valence-electron chi connectivity index (χ3n) is 3.38. The highest BCUT2D eigenvalue weighted by Gasteiger charge is 2.22. The Hall–Kier alpha value is -1.26. The predicted molar refractivity (Wildman–Crippen MR) is 68.0 cm³/mol. The molecule has 0 aromatic heterocycles. The first-order valence-electron chi connectivity index (χ1n) is 6.22. The van der Waals surface area contributed by atoms with Gasteiger partial charge in [0, 0.05) is 24.8 Å². The Morgan fingerprint density at radius 3 is 2.83 bits per heavy atom. The lowest BCUT2D eigenvalue weighted by Crippen LogP contribution is -2.08. The van der Waals surface area contributed by atoms with E-state index in [1.807, 2.05) is 12.1 Å². The van der Waals surface area contributed by atoms with Crippen LogP contribution in [-0.2, 0) is 4.74 Å². The molecular weight excluding hydrogens is 232 g/mol. The summed E-state index contributed by atoms with van der Waals surface area (Å²) in [6, 6.07) is 5.49. The Balaban J connectivity index is 2.10. The molecule has 1 heterocycles. The molecular formula is C14H20O4. The summed E-state index contributed by atoms with van der Waals surface area (Å²) in [6.07, 6.45) is 1.22. The van der Waals surface area contributed by atoms with Crippen molar-refractivity contribution in [2.75, 3.05) is 27.4 Å². The summed E-state index contributed by atoms with van der Waals surface area (Å²) >= 11 is 0. The summed E-state index contributed by atoms with van der Waals surface area (Å²) in [4.78, 5) is 0. The summed E-state index contributed by atoms with van der Waals surface area (Å²) < 4.78 is 15.8. The van der Waals surface area contributed by atoms with Crippen molar-refractivity contribution in [3.63, 3.8) is 0 Å². The monoisotopic (exact) mass is 252 g/mol. The first kappa shape index (κ1) is 13.2. The molecule has 1 aliphatic heterocycles. The third-order valence-corrected chi connectivity index (χ3v) is 3.38. The molecule has 0 radical (unpaired) electrons. The molecule has 4 nitrogen and oxygen atoms in total. The van der Waals surface area contributed by atoms with Gasteiger partial charge in [0.2, 0.25) is 0 Å². The molecule has 1 saturated heterocycles. The maximum Gasteiger partial charge on any atom is 0.128 e. The van der Waals surface area contributed by atoms with E-state index in [4.69, 9.17) is 14.2 Å². The van der Waals surface area contributed by atoms with Crippen LogP contribution in [0.1, 0.15) is 24.5 Å². The van der Waals surface area contributed by atoms with Gasteiger partial charge in [-0.1, -0.05) is 0 Å². The fourth-order valence-electron chi connectivity index (χ4n) is 2.31. The second-order valence-electron chi connectivity index (χ2n) is 4.59. The number of ether oxygens (including phenoxy) is 3. The highest BCUT2D eigenvalue weighted by Crippen LogP contribution is 2.34. The zero-order chi connectivity index (χ0) is 13.0. The molecule has 18 heavy (non-hydrogen) atoms. The Labute approximate surface area is 107 Å². The minimum atomic E-state index is -0.516. The molecule has 0 bridgehead atoms. The van der Waals surface area contributed by atoms with E-state index in [9.17, 15) is 5.11 Å². The number of rotatable bonds is 5. The van der Waals surface area contributed by atoms with Gasteiger partial charge in [0.1, 0.15) is 11.5 Å². The number of benzene rings is 1. The smallest absolute Gasteiger partial charge is 0.128 e. The average molecular weight is 252 g/mol. The van der Waals surface area contributed by atoms with Crippen molar-refractivity contribution in [2.24, 2.45) is 5.92 Å². The lowest BCUT2D eigenvalue weighted by atomic mass is 9.96. The SMILES string of the molecule is COc1ccc(C(O)CC2CCOC2)c(OC)c1. The van der Waals surface area contributed by atoms with Crippen LogP contribution in [0.5, 0.6) is 11.5 Å². The van der Waals surface area contributed by atoms with E-state index in [2.05, 4.69) is 0 Å². The normalized spacial score (nSPS) is 20.7. The number of methoxy groups -OCH3 is 2. The minimum Gasteiger partial charge on any atom is -0.497 e. The fraction of sp³-hybridized carbons (Fsp3) is 0.571. The van der Waals surface area contributed by atoms with Crippen molar-refractivity contribution in [1.29, 1.82) is 0 Å². The predicted octanol–water partition coefficient (Wildman–Crippen LogP) is 2.16. The van der Waals surface area contributed by atoms with E-state index in [1.165, 1.54) is 0 Å². The van der Waals surface area contributed by atoms with Gasteiger partial charge in [0.05, 0.1) is 20.3 Å². The van der Waals surface area contributed by atoms with Crippen LogP contribution in [0.25, 0.3) is 0 Å². The third kappa shape index (κ3) is 2.94. The molecule has 1 N–H and O–H groups in total. The second-order valence-corrected chi connectivity index (χ2v) is 4.59. The Morgan fingerprint density at radius 2 is 2.22 bits per heavy atom. The fourth-order valence-corrected chi connectivity index (χ4v) is 2.31. The van der Waals surface area contributed by atoms with Crippen molar-refractivity contribution >= 4 is 0 Å². The van der Waals surface area contributed by atoms with E-state index in [0.29, 0.717) is 18.1 Å². The van der Waals surface area contributed by atoms with Crippen molar-refractivity contribution in [3.8, 4) is 11.5 Å². The molecule has 1 aliphatic rings. The number of aliphatic hydroxyl groups is 1. The topological polar surface area (TPSA) is 47.9 Å². The van der Waals surface area contributed by atoms with E-state index in [0.717, 1.165) is 30.9 Å². The minimum absolute atomic E-state index is 0.437. The molecule has 0 amide bonds. The number of hydrogen-bond acceptors (Lipinski definition) is 4. The molecule has 4 heteroatoms. The first-order valence-corrected chi connectivity index (χ1v) is 6.22. The van der Waals surface area contributed by atoms with Gasteiger partial charge >= 0.3 is 0 Å². The average Bonchev–Trinajstić information content (AvgIpc) is 2.90. The summed E-state index contributed by atoms with van der Waals surface area (Å²) in [5.41, 5.74) is 0.810. The molecule has 0 spiro atoms. The molecule has 2 atom stereocenters. The van der Waals surface area contributed by atoms with Crippen molar-refractivity contribution in [1.82, 2.24) is 0 Å². The lowest BCUT2D eigenvalue weighted by Gasteiger charge is -2.18. The molecule has 0 saturated carbocycles. The Morgan fingerprint density at radius 1 is 1.39 bits per heavy atom. The summed E-state index contributed by atoms with van der Waals surface area (Å²) in [5.74, 6) is 1.83. The Bertz CT molecular complexity index is 385. The zero-order valence-electron chi connectivity index (χ0n) is 10.9. The van der Waals surface area contributed by atoms with Crippen LogP contribution in [0.15, 0.2) is 18.2 Å². The van der Waals surface area contributed by atoms with Crippen molar-refractivity contribution < 1.29 is 19.3 Å². The maximum absolute atomic E-state index is 10.3. The maximum atomic E-state index is 10.3. The second kappa shape index (κ2) is 6.07. The molecule has 1 fully saturated rings. The highest BCUT2D eigenvalue weighted by atomic mass is 16.5. The van der Waals surface area contributed by atoms with Crippen LogP contribution in [0, 0.1) is 5.92 Å². The van der Waals surface area contributed by atoms with Crippen LogP contribution >= 0.6 is 0 Å². The summed E-state index contributed by atoms with van der Waals surface area (Å²) in [5, 5.41) is 10.3. The standard InChI is InChI=1S/C14H20O4/c1-16-11-3-4-12(14(8-11)17-2)13(15)7-10-5-6-18-9-10/h3-4,8,10,13,15H,5-7,9H2,1-2H3. The lowest BCUT2D eigenvalue weighted by molar-refractivity contribution is 0.127. The van der Waals surface area contributed by atoms with Crippen molar-refractivity contribution in [2.45, 2.75) is 18.9 Å². The van der Waals surface area contributed by atoms with Crippen LogP contribution < -0.4 is 9.47 Å². The summed E-state index contributed by atoms with van der Waals surface area (Å²) in [7, 11) is 3.21. The van der Waals surface area contributed by atoms with Crippen LogP contribution in [-0.4, -0.2) is 32.5 Å². The van der Waals surface area contributed by atoms with Crippen LogP contribution in [0.4, 0.5) is 0 Å². The van der Waals surface area contributed by atoms with Gasteiger partial charge < -0.3 is 19.3 Å². The van der Waals surface area contributed by atoms with Gasteiger partial charge in [-0.25, -0.2) is 0 Å². The van der Waals surface area contributed by atoms with Crippen LogP contribution in [0.3, 0.4) is 0 Å². The van der Waals surface area contributed by atoms with Gasteiger partial charge in [0.15, 0.2) is 0 Å². The number of aliphatic hydroxyl groups excluding tert-OH is 1. The van der Waals surface area contributed by atoms with Gasteiger partial charge in [0.25, 0.3) is 0 Å². The van der Waals surface area contributed by atoms with Gasteiger partial charge in [-0.15, -0.1) is 0 Å². The quantitative estimate of drug-likeness (QED) is 0.872. The van der Waals surface area contributed by atoms with Gasteiger partial charge in [-0.05, 0) is 30.9 Å². The largest absolute Gasteiger partial charge is 0.497 e. The highest BCUT2D eigenvalue weighted by molar-refractivity contribution is 5.41. The van der Waals surface area contributed by atoms with Gasteiger partial charge in [-0.2, -0.15) is 0 Å². The summed E-state index contributed by atoms with van der Waals surface area (Å²) in [6.45, 7) is 1.55. The van der Waals surface area contributed by atoms with E-state index in [1.54, 1.807) is 20.3 Å². The first-order chi connectivity index (χ1) is 8.74. The zero-order valence-corrected chi connectivity index (χ0v) is 10.9. The van der Waals surface area contributed by atoms with E-state index < -0.39 is 6.10 Å². The molecule has 100 valence electrons. The molecule has 1 aromatic carbocycles. The van der Waals surface area contributed by atoms with Crippen molar-refractivity contribution in [3.05, 3.63) is 23.8 Å². The Kier molecular flexibility index (Phi) is 4.44.